The molecule has 1 unspecified atom stereocenters. The first-order valence-corrected chi connectivity index (χ1v) is 6.26. The fourth-order valence-corrected chi connectivity index (χ4v) is 2.20. The first kappa shape index (κ1) is 14.7. The number of aliphatic carboxylic acids is 1. The van der Waals surface area contributed by atoms with E-state index in [1.54, 1.807) is 0 Å². The Labute approximate surface area is 109 Å². The van der Waals surface area contributed by atoms with Gasteiger partial charge in [-0.3, -0.25) is 4.79 Å². The maximum atomic E-state index is 11.4. The van der Waals surface area contributed by atoms with Gasteiger partial charge in [0.15, 0.2) is 0 Å². The number of likely N-dealkylation sites (N-methyl/N-ethyl adjacent to an activating group) is 1. The minimum Gasteiger partial charge on any atom is -0.481 e. The van der Waals surface area contributed by atoms with E-state index < -0.39 is 11.9 Å². The summed E-state index contributed by atoms with van der Waals surface area (Å²) < 4.78 is 0. The molecule has 0 fully saturated rings. The molecule has 0 amide bonds. The molecule has 0 aliphatic rings. The average molecular weight is 249 g/mol. The van der Waals surface area contributed by atoms with Crippen molar-refractivity contribution in [2.45, 2.75) is 26.7 Å². The van der Waals surface area contributed by atoms with Crippen LogP contribution in [0.1, 0.15) is 32.3 Å². The molecule has 0 saturated heterocycles. The molecule has 1 aromatic carbocycles. The van der Waals surface area contributed by atoms with Crippen LogP contribution in [-0.2, 0) is 4.79 Å². The lowest BCUT2D eigenvalue weighted by molar-refractivity contribution is -0.139. The number of rotatable bonds is 5. The summed E-state index contributed by atoms with van der Waals surface area (Å²) in [5.41, 5.74) is 1.04. The number of nitrogens with zero attached hydrogens (tertiary/aromatic N) is 1. The van der Waals surface area contributed by atoms with E-state index in [4.69, 9.17) is 0 Å². The second-order valence-electron chi connectivity index (χ2n) is 6.06. The smallest absolute Gasteiger partial charge is 0.312 e. The van der Waals surface area contributed by atoms with E-state index in [-0.39, 0.29) is 5.41 Å². The molecule has 0 aliphatic heterocycles. The zero-order chi connectivity index (χ0) is 13.8. The third kappa shape index (κ3) is 4.88. The van der Waals surface area contributed by atoms with Crippen molar-refractivity contribution >= 4 is 5.97 Å². The van der Waals surface area contributed by atoms with Crippen molar-refractivity contribution in [1.82, 2.24) is 4.90 Å². The summed E-state index contributed by atoms with van der Waals surface area (Å²) >= 11 is 0. The highest BCUT2D eigenvalue weighted by Gasteiger charge is 2.23. The van der Waals surface area contributed by atoms with Crippen molar-refractivity contribution < 1.29 is 9.90 Å². The average Bonchev–Trinajstić information content (AvgIpc) is 2.24. The molecule has 0 saturated carbocycles. The Morgan fingerprint density at radius 3 is 2.28 bits per heavy atom. The Morgan fingerprint density at radius 1 is 1.28 bits per heavy atom. The van der Waals surface area contributed by atoms with Crippen LogP contribution in [0.15, 0.2) is 30.3 Å². The molecule has 1 rings (SSSR count). The predicted octanol–water partition coefficient (Wildman–Crippen LogP) is 2.83. The molecular weight excluding hydrogens is 226 g/mol. The maximum Gasteiger partial charge on any atom is 0.312 e. The fourth-order valence-electron chi connectivity index (χ4n) is 2.20. The van der Waals surface area contributed by atoms with Gasteiger partial charge in [0.25, 0.3) is 0 Å². The van der Waals surface area contributed by atoms with Crippen LogP contribution in [0.4, 0.5) is 0 Å². The lowest BCUT2D eigenvalue weighted by atomic mass is 9.94. The van der Waals surface area contributed by atoms with E-state index in [0.717, 1.165) is 12.1 Å². The zero-order valence-corrected chi connectivity index (χ0v) is 11.7. The number of carbonyl (C=O) groups is 1. The Bertz CT molecular complexity index is 381. The van der Waals surface area contributed by atoms with Gasteiger partial charge < -0.3 is 10.0 Å². The van der Waals surface area contributed by atoms with Crippen molar-refractivity contribution in [3.63, 3.8) is 0 Å². The number of carboxylic acid groups (broad SMARTS) is 1. The zero-order valence-electron chi connectivity index (χ0n) is 11.7. The first-order valence-electron chi connectivity index (χ1n) is 6.26. The second kappa shape index (κ2) is 6.01. The third-order valence-electron chi connectivity index (χ3n) is 2.74. The monoisotopic (exact) mass is 249 g/mol. The highest BCUT2D eigenvalue weighted by atomic mass is 16.4. The van der Waals surface area contributed by atoms with Crippen molar-refractivity contribution in [3.05, 3.63) is 35.9 Å². The van der Waals surface area contributed by atoms with Crippen molar-refractivity contribution in [3.8, 4) is 0 Å². The highest BCUT2D eigenvalue weighted by Crippen LogP contribution is 2.20. The van der Waals surface area contributed by atoms with Crippen LogP contribution in [0.3, 0.4) is 0 Å². The lowest BCUT2D eigenvalue weighted by Gasteiger charge is -2.28. The van der Waals surface area contributed by atoms with Gasteiger partial charge in [-0.1, -0.05) is 51.1 Å². The number of carboxylic acids is 1. The molecule has 1 atom stereocenters. The van der Waals surface area contributed by atoms with Crippen molar-refractivity contribution in [2.75, 3.05) is 20.1 Å². The topological polar surface area (TPSA) is 40.5 Å². The molecule has 1 aromatic rings. The van der Waals surface area contributed by atoms with Gasteiger partial charge >= 0.3 is 5.97 Å². The van der Waals surface area contributed by atoms with E-state index >= 15 is 0 Å². The van der Waals surface area contributed by atoms with Crippen LogP contribution in [0.25, 0.3) is 0 Å². The Kier molecular flexibility index (Phi) is 4.91. The molecule has 0 aliphatic carbocycles. The molecule has 1 N–H and O–H groups in total. The summed E-state index contributed by atoms with van der Waals surface area (Å²) in [6.45, 7) is 7.88. The van der Waals surface area contributed by atoms with E-state index in [1.165, 1.54) is 0 Å². The van der Waals surface area contributed by atoms with Crippen molar-refractivity contribution in [1.29, 1.82) is 0 Å². The first-order chi connectivity index (χ1) is 8.29. The van der Waals surface area contributed by atoms with Gasteiger partial charge in [0.1, 0.15) is 0 Å². The molecule has 100 valence electrons. The summed E-state index contributed by atoms with van der Waals surface area (Å²) in [6, 6.07) is 9.43. The molecule has 18 heavy (non-hydrogen) atoms. The van der Waals surface area contributed by atoms with E-state index in [2.05, 4.69) is 25.7 Å². The molecule has 0 bridgehead atoms. The minimum absolute atomic E-state index is 0.175. The Morgan fingerprint density at radius 2 is 1.83 bits per heavy atom. The van der Waals surface area contributed by atoms with Crippen LogP contribution < -0.4 is 0 Å². The summed E-state index contributed by atoms with van der Waals surface area (Å²) in [4.78, 5) is 13.5. The van der Waals surface area contributed by atoms with Crippen LogP contribution in [0.2, 0.25) is 0 Å². The second-order valence-corrected chi connectivity index (χ2v) is 6.06. The largest absolute Gasteiger partial charge is 0.481 e. The number of hydrogen-bond acceptors (Lipinski definition) is 2. The fraction of sp³-hybridized carbons (Fsp3) is 0.533. The molecule has 0 aromatic heterocycles. The van der Waals surface area contributed by atoms with E-state index in [9.17, 15) is 9.90 Å². The molecular formula is C15H23NO2. The van der Waals surface area contributed by atoms with Crippen molar-refractivity contribution in [2.24, 2.45) is 5.41 Å². The van der Waals surface area contributed by atoms with E-state index in [1.807, 2.05) is 37.4 Å². The van der Waals surface area contributed by atoms with Gasteiger partial charge in [-0.25, -0.2) is 0 Å². The molecule has 0 spiro atoms. The summed E-state index contributed by atoms with van der Waals surface area (Å²) in [5.74, 6) is -1.22. The van der Waals surface area contributed by atoms with E-state index in [0.29, 0.717) is 6.54 Å². The number of benzene rings is 1. The third-order valence-corrected chi connectivity index (χ3v) is 2.74. The number of hydrogen-bond donors (Lipinski definition) is 1. The predicted molar refractivity (Wildman–Crippen MR) is 73.8 cm³/mol. The summed E-state index contributed by atoms with van der Waals surface area (Å²) in [7, 11) is 1.98. The van der Waals surface area contributed by atoms with Gasteiger partial charge in [-0.2, -0.15) is 0 Å². The Hall–Kier alpha value is -1.35. The lowest BCUT2D eigenvalue weighted by Crippen LogP contribution is -2.34. The Balaban J connectivity index is 2.74. The van der Waals surface area contributed by atoms with Crippen LogP contribution in [0.5, 0.6) is 0 Å². The molecule has 0 heterocycles. The summed E-state index contributed by atoms with van der Waals surface area (Å²) in [5, 5.41) is 9.35. The van der Waals surface area contributed by atoms with Crippen LogP contribution in [-0.4, -0.2) is 36.1 Å². The van der Waals surface area contributed by atoms with Crippen LogP contribution in [0, 0.1) is 5.41 Å². The minimum atomic E-state index is -0.762. The quantitative estimate of drug-likeness (QED) is 0.872. The normalized spacial score (nSPS) is 13.6. The highest BCUT2D eigenvalue weighted by molar-refractivity contribution is 5.76. The van der Waals surface area contributed by atoms with Gasteiger partial charge in [-0.05, 0) is 18.0 Å². The standard InChI is InChI=1S/C15H23NO2/c1-15(2,3)11-16(4)10-13(14(17)18)12-8-6-5-7-9-12/h5-9,13H,10-11H2,1-4H3,(H,17,18). The van der Waals surface area contributed by atoms with Gasteiger partial charge in [-0.15, -0.1) is 0 Å². The molecule has 0 radical (unpaired) electrons. The molecule has 3 heteroatoms. The van der Waals surface area contributed by atoms with Gasteiger partial charge in [0, 0.05) is 13.1 Å². The maximum absolute atomic E-state index is 11.4. The van der Waals surface area contributed by atoms with Gasteiger partial charge in [0.05, 0.1) is 5.92 Å². The summed E-state index contributed by atoms with van der Waals surface area (Å²) in [6.07, 6.45) is 0. The SMILES string of the molecule is CN(CC(C(=O)O)c1ccccc1)CC(C)(C)C. The molecule has 3 nitrogen and oxygen atoms in total. The van der Waals surface area contributed by atoms with Crippen LogP contribution >= 0.6 is 0 Å². The van der Waals surface area contributed by atoms with Gasteiger partial charge in [0.2, 0.25) is 0 Å².